The summed E-state index contributed by atoms with van der Waals surface area (Å²) >= 11 is 0. The fourth-order valence-corrected chi connectivity index (χ4v) is 5.11. The number of carbonyl (C=O) groups excluding carboxylic acids is 3. The maximum absolute atomic E-state index is 13.9. The first-order chi connectivity index (χ1) is 15.4. The Morgan fingerprint density at radius 2 is 2.00 bits per heavy atom. The first-order valence-electron chi connectivity index (χ1n) is 10.4. The Bertz CT molecular complexity index is 1210. The van der Waals surface area contributed by atoms with Crippen molar-refractivity contribution in [3.05, 3.63) is 76.8 Å². The van der Waals surface area contributed by atoms with Gasteiger partial charge in [-0.3, -0.25) is 9.59 Å². The second kappa shape index (κ2) is 7.12. The summed E-state index contributed by atoms with van der Waals surface area (Å²) in [6.07, 6.45) is 1.98. The van der Waals surface area contributed by atoms with Gasteiger partial charge in [0.05, 0.1) is 18.4 Å². The Morgan fingerprint density at radius 1 is 1.22 bits per heavy atom. The molecular formula is C24H22N2O6. The number of benzene rings is 1. The number of hydrogen-bond donors (Lipinski definition) is 1. The molecule has 0 radical (unpaired) electrons. The average molecular weight is 434 g/mol. The number of carbonyl (C=O) groups is 3. The van der Waals surface area contributed by atoms with Crippen molar-refractivity contribution >= 4 is 23.3 Å². The largest absolute Gasteiger partial charge is 0.469 e. The number of Topliss-reactive ketones (excluding diaryl/α,β-unsaturated/α-hetero) is 1. The van der Waals surface area contributed by atoms with Crippen molar-refractivity contribution < 1.29 is 28.3 Å². The summed E-state index contributed by atoms with van der Waals surface area (Å²) in [6, 6.07) is 10.6. The highest BCUT2D eigenvalue weighted by molar-refractivity contribution is 6.23. The van der Waals surface area contributed by atoms with Crippen LogP contribution < -0.4 is 10.6 Å². The summed E-state index contributed by atoms with van der Waals surface area (Å²) in [5.74, 6) is -1.06. The lowest BCUT2D eigenvalue weighted by molar-refractivity contribution is -0.141. The number of rotatable bonds is 3. The number of amides is 1. The maximum Gasteiger partial charge on any atom is 0.341 e. The molecule has 1 amide bonds. The molecule has 1 aromatic carbocycles. The van der Waals surface area contributed by atoms with Crippen LogP contribution in [0.5, 0.6) is 0 Å². The number of furan rings is 1. The molecule has 2 atom stereocenters. The van der Waals surface area contributed by atoms with Gasteiger partial charge in [0.25, 0.3) is 0 Å². The number of esters is 1. The van der Waals surface area contributed by atoms with E-state index in [9.17, 15) is 14.4 Å². The number of likely N-dealkylation sites (N-methyl/N-ethyl adjacent to an activating group) is 1. The van der Waals surface area contributed by atoms with E-state index in [2.05, 4.69) is 0 Å². The van der Waals surface area contributed by atoms with Gasteiger partial charge >= 0.3 is 5.97 Å². The van der Waals surface area contributed by atoms with Crippen LogP contribution in [0.4, 0.5) is 5.69 Å². The molecule has 0 bridgehead atoms. The predicted octanol–water partition coefficient (Wildman–Crippen LogP) is 2.66. The molecule has 0 unspecified atom stereocenters. The number of nitrogens with two attached hydrogens (primary N) is 1. The molecule has 5 rings (SSSR count). The number of fused-ring (bicyclic) bond motifs is 3. The van der Waals surface area contributed by atoms with Gasteiger partial charge in [-0.2, -0.15) is 0 Å². The lowest BCUT2D eigenvalue weighted by Crippen LogP contribution is -2.51. The number of hydrogen-bond acceptors (Lipinski definition) is 7. The van der Waals surface area contributed by atoms with Crippen LogP contribution in [0.3, 0.4) is 0 Å². The van der Waals surface area contributed by atoms with Gasteiger partial charge in [-0.05, 0) is 25.1 Å². The molecule has 3 aliphatic rings. The van der Waals surface area contributed by atoms with E-state index < -0.39 is 17.3 Å². The highest BCUT2D eigenvalue weighted by atomic mass is 16.5. The fraction of sp³-hybridized carbons (Fsp3) is 0.292. The monoisotopic (exact) mass is 434 g/mol. The zero-order valence-electron chi connectivity index (χ0n) is 17.7. The van der Waals surface area contributed by atoms with E-state index in [1.807, 2.05) is 0 Å². The Kier molecular flexibility index (Phi) is 4.47. The topological polar surface area (TPSA) is 112 Å². The first kappa shape index (κ1) is 20.1. The van der Waals surface area contributed by atoms with Gasteiger partial charge in [0, 0.05) is 37.1 Å². The summed E-state index contributed by atoms with van der Waals surface area (Å²) in [6.45, 7) is 1.74. The van der Waals surface area contributed by atoms with Gasteiger partial charge in [-0.1, -0.05) is 18.2 Å². The highest BCUT2D eigenvalue weighted by Crippen LogP contribution is 2.56. The first-order valence-corrected chi connectivity index (χ1v) is 10.4. The molecule has 2 N–H and O–H groups in total. The SMILES string of the molecule is CCOC(=O)C1=C(N)OC2=C(C(=O)C[C@H](c3ccco3)C2)[C@@]12C(=O)N(C)c1ccccc12. The highest BCUT2D eigenvalue weighted by Gasteiger charge is 2.63. The molecule has 3 heterocycles. The summed E-state index contributed by atoms with van der Waals surface area (Å²) < 4.78 is 16.6. The van der Waals surface area contributed by atoms with E-state index in [0.717, 1.165) is 0 Å². The molecule has 1 aromatic heterocycles. The van der Waals surface area contributed by atoms with Gasteiger partial charge in [-0.25, -0.2) is 4.79 Å². The van der Waals surface area contributed by atoms with Crippen molar-refractivity contribution in [2.75, 3.05) is 18.6 Å². The second-order valence-electron chi connectivity index (χ2n) is 8.04. The standard InChI is InChI=1S/C24H22N2O6/c1-3-30-22(28)20-21(25)32-18-12-13(17-9-6-10-31-17)11-16(27)19(18)24(20)14-7-4-5-8-15(14)26(2)23(24)29/h4-10,13H,3,11-12,25H2,1-2H3/t13-,24+/m0/s1. The van der Waals surface area contributed by atoms with E-state index in [4.69, 9.17) is 19.6 Å². The molecule has 0 saturated heterocycles. The molecule has 1 spiro atoms. The van der Waals surface area contributed by atoms with Crippen LogP contribution in [-0.2, 0) is 29.3 Å². The molecule has 164 valence electrons. The van der Waals surface area contributed by atoms with Gasteiger partial charge < -0.3 is 24.5 Å². The Morgan fingerprint density at radius 3 is 2.72 bits per heavy atom. The number of nitrogens with zero attached hydrogens (tertiary/aromatic N) is 1. The molecule has 8 heteroatoms. The van der Waals surface area contributed by atoms with E-state index in [0.29, 0.717) is 23.4 Å². The van der Waals surface area contributed by atoms with E-state index in [1.54, 1.807) is 56.6 Å². The minimum atomic E-state index is -1.71. The average Bonchev–Trinajstić information content (AvgIpc) is 3.37. The third-order valence-corrected chi connectivity index (χ3v) is 6.37. The quantitative estimate of drug-likeness (QED) is 0.739. The van der Waals surface area contributed by atoms with Crippen molar-refractivity contribution in [2.45, 2.75) is 31.1 Å². The minimum Gasteiger partial charge on any atom is -0.469 e. The van der Waals surface area contributed by atoms with E-state index in [1.165, 1.54) is 4.90 Å². The molecule has 8 nitrogen and oxygen atoms in total. The molecule has 2 aliphatic heterocycles. The number of para-hydroxylation sites is 1. The van der Waals surface area contributed by atoms with Crippen LogP contribution in [0.1, 0.15) is 37.0 Å². The van der Waals surface area contributed by atoms with Crippen LogP contribution in [0, 0.1) is 0 Å². The van der Waals surface area contributed by atoms with Gasteiger partial charge in [0.15, 0.2) is 5.78 Å². The molecular weight excluding hydrogens is 412 g/mol. The van der Waals surface area contributed by atoms with Crippen LogP contribution in [0.2, 0.25) is 0 Å². The minimum absolute atomic E-state index is 0.0811. The molecule has 2 aromatic rings. The number of ketones is 1. The molecule has 0 fully saturated rings. The van der Waals surface area contributed by atoms with Crippen molar-refractivity contribution in [3.8, 4) is 0 Å². The summed E-state index contributed by atoms with van der Waals surface area (Å²) in [5, 5.41) is 0. The van der Waals surface area contributed by atoms with Gasteiger partial charge in [0.2, 0.25) is 11.8 Å². The second-order valence-corrected chi connectivity index (χ2v) is 8.04. The van der Waals surface area contributed by atoms with Crippen molar-refractivity contribution in [1.82, 2.24) is 0 Å². The Labute approximate surface area is 184 Å². The summed E-state index contributed by atoms with van der Waals surface area (Å²) in [4.78, 5) is 42.1. The van der Waals surface area contributed by atoms with Crippen LogP contribution >= 0.6 is 0 Å². The number of anilines is 1. The van der Waals surface area contributed by atoms with E-state index >= 15 is 0 Å². The Hall–Kier alpha value is -3.81. The van der Waals surface area contributed by atoms with Crippen molar-refractivity contribution in [3.63, 3.8) is 0 Å². The lowest BCUT2D eigenvalue weighted by Gasteiger charge is -2.40. The molecule has 1 aliphatic carbocycles. The zero-order valence-corrected chi connectivity index (χ0v) is 17.7. The third-order valence-electron chi connectivity index (χ3n) is 6.37. The number of ether oxygens (including phenoxy) is 2. The van der Waals surface area contributed by atoms with Crippen LogP contribution in [0.25, 0.3) is 0 Å². The van der Waals surface area contributed by atoms with Gasteiger partial charge in [-0.15, -0.1) is 0 Å². The smallest absolute Gasteiger partial charge is 0.341 e. The summed E-state index contributed by atoms with van der Waals surface area (Å²) in [5.41, 5.74) is 5.67. The normalized spacial score (nSPS) is 24.6. The predicted molar refractivity (Wildman–Crippen MR) is 113 cm³/mol. The third kappa shape index (κ3) is 2.52. The van der Waals surface area contributed by atoms with E-state index in [-0.39, 0.29) is 47.5 Å². The zero-order chi connectivity index (χ0) is 22.6. The van der Waals surface area contributed by atoms with Crippen LogP contribution in [-0.4, -0.2) is 31.3 Å². The van der Waals surface area contributed by atoms with Crippen molar-refractivity contribution in [2.24, 2.45) is 5.73 Å². The summed E-state index contributed by atoms with van der Waals surface area (Å²) in [7, 11) is 1.61. The maximum atomic E-state index is 13.9. The molecule has 32 heavy (non-hydrogen) atoms. The van der Waals surface area contributed by atoms with Crippen molar-refractivity contribution in [1.29, 1.82) is 0 Å². The fourth-order valence-electron chi connectivity index (χ4n) is 5.11. The molecule has 0 saturated carbocycles. The Balaban J connectivity index is 1.78. The van der Waals surface area contributed by atoms with Gasteiger partial charge in [0.1, 0.15) is 22.5 Å². The number of allylic oxidation sites excluding steroid dienone is 1. The van der Waals surface area contributed by atoms with Crippen LogP contribution in [0.15, 0.2) is 69.9 Å². The lowest BCUT2D eigenvalue weighted by atomic mass is 9.63.